The molecule has 1 aliphatic heterocycles. The van der Waals surface area contributed by atoms with E-state index in [0.29, 0.717) is 19.6 Å². The molecular weight excluding hydrogens is 236 g/mol. The molecule has 0 aromatic heterocycles. The summed E-state index contributed by atoms with van der Waals surface area (Å²) in [5, 5.41) is 11.6. The van der Waals surface area contributed by atoms with Crippen molar-refractivity contribution in [3.8, 4) is 0 Å². The molecular formula is C12H20N2O4. The summed E-state index contributed by atoms with van der Waals surface area (Å²) in [6.07, 6.45) is 3.24. The molecule has 0 radical (unpaired) electrons. The SMILES string of the molecule is COCCC1(CNC(=O)N2CC(C(=O)O)C2)CC1. The average Bonchev–Trinajstić information content (AvgIpc) is 3.02. The molecule has 0 bridgehead atoms. The van der Waals surface area contributed by atoms with Crippen LogP contribution in [-0.2, 0) is 9.53 Å². The maximum atomic E-state index is 11.7. The topological polar surface area (TPSA) is 78.9 Å². The summed E-state index contributed by atoms with van der Waals surface area (Å²) in [5.41, 5.74) is 0.225. The Morgan fingerprint density at radius 2 is 2.11 bits per heavy atom. The van der Waals surface area contributed by atoms with Crippen LogP contribution in [0.5, 0.6) is 0 Å². The first-order chi connectivity index (χ1) is 8.56. The molecule has 0 aromatic carbocycles. The number of carbonyl (C=O) groups excluding carboxylic acids is 1. The van der Waals surface area contributed by atoms with Gasteiger partial charge in [0.2, 0.25) is 0 Å². The van der Waals surface area contributed by atoms with Crippen LogP contribution < -0.4 is 5.32 Å². The van der Waals surface area contributed by atoms with E-state index in [1.807, 2.05) is 0 Å². The minimum Gasteiger partial charge on any atom is -0.481 e. The van der Waals surface area contributed by atoms with Gasteiger partial charge in [-0.15, -0.1) is 0 Å². The van der Waals surface area contributed by atoms with Gasteiger partial charge in [0, 0.05) is 33.4 Å². The smallest absolute Gasteiger partial charge is 0.317 e. The molecule has 2 aliphatic rings. The van der Waals surface area contributed by atoms with Crippen LogP contribution >= 0.6 is 0 Å². The number of ether oxygens (including phenoxy) is 1. The molecule has 102 valence electrons. The van der Waals surface area contributed by atoms with Gasteiger partial charge in [-0.05, 0) is 24.7 Å². The fourth-order valence-electron chi connectivity index (χ4n) is 2.19. The van der Waals surface area contributed by atoms with Crippen LogP contribution in [0.4, 0.5) is 4.79 Å². The number of nitrogens with zero attached hydrogens (tertiary/aromatic N) is 1. The number of amides is 2. The van der Waals surface area contributed by atoms with Gasteiger partial charge in [0.15, 0.2) is 0 Å². The number of hydrogen-bond donors (Lipinski definition) is 2. The Hall–Kier alpha value is -1.30. The fraction of sp³-hybridized carbons (Fsp3) is 0.833. The number of likely N-dealkylation sites (tertiary alicyclic amines) is 1. The Labute approximate surface area is 106 Å². The van der Waals surface area contributed by atoms with Gasteiger partial charge in [0.25, 0.3) is 0 Å². The Morgan fingerprint density at radius 1 is 1.44 bits per heavy atom. The highest BCUT2D eigenvalue weighted by molar-refractivity contribution is 5.79. The largest absolute Gasteiger partial charge is 0.481 e. The predicted octanol–water partition coefficient (Wildman–Crippen LogP) is 0.529. The van der Waals surface area contributed by atoms with Gasteiger partial charge in [0.05, 0.1) is 5.92 Å². The highest BCUT2D eigenvalue weighted by Crippen LogP contribution is 2.48. The number of rotatable bonds is 6. The van der Waals surface area contributed by atoms with E-state index in [-0.39, 0.29) is 17.4 Å². The zero-order valence-electron chi connectivity index (χ0n) is 10.6. The van der Waals surface area contributed by atoms with Crippen molar-refractivity contribution in [3.05, 3.63) is 0 Å². The van der Waals surface area contributed by atoms with Crippen LogP contribution in [0.15, 0.2) is 0 Å². The van der Waals surface area contributed by atoms with E-state index >= 15 is 0 Å². The first kappa shape index (κ1) is 13.1. The van der Waals surface area contributed by atoms with E-state index in [1.165, 1.54) is 0 Å². The molecule has 1 saturated heterocycles. The molecule has 6 heteroatoms. The number of hydrogen-bond acceptors (Lipinski definition) is 3. The maximum Gasteiger partial charge on any atom is 0.317 e. The molecule has 0 atom stereocenters. The third kappa shape index (κ3) is 2.93. The standard InChI is InChI=1S/C12H20N2O4/c1-18-5-4-12(2-3-12)8-13-11(17)14-6-9(7-14)10(15)16/h9H,2-8H2,1H3,(H,13,17)(H,15,16). The lowest BCUT2D eigenvalue weighted by Crippen LogP contribution is -2.56. The van der Waals surface area contributed by atoms with E-state index in [2.05, 4.69) is 5.32 Å². The van der Waals surface area contributed by atoms with Crippen molar-refractivity contribution in [2.75, 3.05) is 33.4 Å². The lowest BCUT2D eigenvalue weighted by molar-refractivity contribution is -0.146. The van der Waals surface area contributed by atoms with E-state index in [4.69, 9.17) is 9.84 Å². The van der Waals surface area contributed by atoms with Crippen LogP contribution in [0, 0.1) is 11.3 Å². The second-order valence-electron chi connectivity index (χ2n) is 5.34. The molecule has 0 unspecified atom stereocenters. The van der Waals surface area contributed by atoms with Crippen molar-refractivity contribution in [1.82, 2.24) is 10.2 Å². The molecule has 1 saturated carbocycles. The zero-order chi connectivity index (χ0) is 13.2. The number of carboxylic acids is 1. The molecule has 2 fully saturated rings. The third-order valence-electron chi connectivity index (χ3n) is 3.93. The van der Waals surface area contributed by atoms with Crippen LogP contribution in [0.25, 0.3) is 0 Å². The molecule has 0 spiro atoms. The van der Waals surface area contributed by atoms with Crippen LogP contribution in [0.1, 0.15) is 19.3 Å². The Balaban J connectivity index is 1.66. The predicted molar refractivity (Wildman–Crippen MR) is 64.3 cm³/mol. The highest BCUT2D eigenvalue weighted by Gasteiger charge is 2.43. The molecule has 2 N–H and O–H groups in total. The van der Waals surface area contributed by atoms with Gasteiger partial charge in [-0.2, -0.15) is 0 Å². The summed E-state index contributed by atoms with van der Waals surface area (Å²) < 4.78 is 5.06. The first-order valence-corrected chi connectivity index (χ1v) is 6.31. The molecule has 6 nitrogen and oxygen atoms in total. The zero-order valence-corrected chi connectivity index (χ0v) is 10.6. The first-order valence-electron chi connectivity index (χ1n) is 6.31. The van der Waals surface area contributed by atoms with E-state index in [0.717, 1.165) is 25.9 Å². The van der Waals surface area contributed by atoms with Crippen molar-refractivity contribution >= 4 is 12.0 Å². The second-order valence-corrected chi connectivity index (χ2v) is 5.34. The minimum absolute atomic E-state index is 0.142. The Morgan fingerprint density at radius 3 is 2.61 bits per heavy atom. The summed E-state index contributed by atoms with van der Waals surface area (Å²) in [5.74, 6) is -1.21. The monoisotopic (exact) mass is 256 g/mol. The van der Waals surface area contributed by atoms with Gasteiger partial charge in [-0.25, -0.2) is 4.79 Å². The Bertz CT molecular complexity index is 335. The Kier molecular flexibility index (Phi) is 3.75. The number of urea groups is 1. The van der Waals surface area contributed by atoms with Crippen molar-refractivity contribution < 1.29 is 19.4 Å². The van der Waals surface area contributed by atoms with E-state index in [9.17, 15) is 9.59 Å². The normalized spacial score (nSPS) is 21.3. The molecule has 0 aromatic rings. The number of nitrogens with one attached hydrogen (secondary N) is 1. The summed E-state index contributed by atoms with van der Waals surface area (Å²) >= 11 is 0. The maximum absolute atomic E-state index is 11.7. The van der Waals surface area contributed by atoms with Crippen molar-refractivity contribution in [2.24, 2.45) is 11.3 Å². The van der Waals surface area contributed by atoms with Gasteiger partial charge in [0.1, 0.15) is 0 Å². The van der Waals surface area contributed by atoms with E-state index in [1.54, 1.807) is 12.0 Å². The van der Waals surface area contributed by atoms with Crippen molar-refractivity contribution in [1.29, 1.82) is 0 Å². The lowest BCUT2D eigenvalue weighted by Gasteiger charge is -2.36. The number of carbonyl (C=O) groups is 2. The van der Waals surface area contributed by atoms with Crippen LogP contribution in [-0.4, -0.2) is 55.4 Å². The molecule has 2 rings (SSSR count). The highest BCUT2D eigenvalue weighted by atomic mass is 16.5. The van der Waals surface area contributed by atoms with Gasteiger partial charge in [-0.3, -0.25) is 4.79 Å². The van der Waals surface area contributed by atoms with E-state index < -0.39 is 5.97 Å². The summed E-state index contributed by atoms with van der Waals surface area (Å²) in [4.78, 5) is 23.9. The van der Waals surface area contributed by atoms with Crippen LogP contribution in [0.3, 0.4) is 0 Å². The van der Waals surface area contributed by atoms with Gasteiger partial charge < -0.3 is 20.1 Å². The fourth-order valence-corrected chi connectivity index (χ4v) is 2.19. The molecule has 18 heavy (non-hydrogen) atoms. The summed E-state index contributed by atoms with van der Waals surface area (Å²) in [6, 6.07) is -0.142. The molecule has 1 aliphatic carbocycles. The second kappa shape index (κ2) is 5.14. The summed E-state index contributed by atoms with van der Waals surface area (Å²) in [6.45, 7) is 2.04. The minimum atomic E-state index is -0.821. The number of methoxy groups -OCH3 is 1. The van der Waals surface area contributed by atoms with Crippen molar-refractivity contribution in [2.45, 2.75) is 19.3 Å². The average molecular weight is 256 g/mol. The summed E-state index contributed by atoms with van der Waals surface area (Å²) in [7, 11) is 1.68. The number of carboxylic acid groups (broad SMARTS) is 1. The lowest BCUT2D eigenvalue weighted by atomic mass is 10.0. The molecule has 1 heterocycles. The van der Waals surface area contributed by atoms with Gasteiger partial charge >= 0.3 is 12.0 Å². The third-order valence-corrected chi connectivity index (χ3v) is 3.93. The number of aliphatic carboxylic acids is 1. The quantitative estimate of drug-likeness (QED) is 0.726. The van der Waals surface area contributed by atoms with Crippen LogP contribution in [0.2, 0.25) is 0 Å². The van der Waals surface area contributed by atoms with Crippen molar-refractivity contribution in [3.63, 3.8) is 0 Å². The van der Waals surface area contributed by atoms with Gasteiger partial charge in [-0.1, -0.05) is 0 Å². The molecule has 2 amide bonds.